The predicted molar refractivity (Wildman–Crippen MR) is 92.7 cm³/mol. The van der Waals surface area contributed by atoms with Gasteiger partial charge in [0, 0.05) is 24.3 Å². The van der Waals surface area contributed by atoms with Crippen molar-refractivity contribution in [1.82, 2.24) is 16.0 Å². The number of amides is 2. The number of carboxylic acid groups (broad SMARTS) is 1. The number of nitrogens with one attached hydrogen (secondary N) is 4. The number of nitrogen functional groups attached to an aromatic ring is 1. The number of anilines is 1. The molecule has 1 atom stereocenters. The van der Waals surface area contributed by atoms with Crippen LogP contribution >= 0.6 is 0 Å². The van der Waals surface area contributed by atoms with Crippen molar-refractivity contribution in [3.63, 3.8) is 0 Å². The summed E-state index contributed by atoms with van der Waals surface area (Å²) in [6.07, 6.45) is 0.232. The molecule has 0 heterocycles. The van der Waals surface area contributed by atoms with E-state index in [4.69, 9.17) is 16.7 Å². The zero-order valence-electron chi connectivity index (χ0n) is 13.7. The molecule has 0 aliphatic rings. The number of aliphatic carboxylic acids is 1. The number of nitrogens with two attached hydrogens (primary N) is 2. The highest BCUT2D eigenvalue weighted by atomic mass is 16.4. The zero-order valence-corrected chi connectivity index (χ0v) is 13.7. The standard InChI is InChI=1S/C15H24N6O4/c16-12(15(24)25)4-5-18-9-13(22)19-6-7-20-14(23)10-2-1-3-11(8-10)21-17/h1-3,8,12,18,21H,4-7,9,16-17H2,(H,19,22)(H,20,23)(H,24,25). The number of rotatable bonds is 11. The second kappa shape index (κ2) is 11.0. The molecule has 0 fully saturated rings. The number of carbonyl (C=O) groups excluding carboxylic acids is 2. The summed E-state index contributed by atoms with van der Waals surface area (Å²) >= 11 is 0. The van der Waals surface area contributed by atoms with Gasteiger partial charge in [-0.1, -0.05) is 6.07 Å². The Morgan fingerprint density at radius 3 is 2.52 bits per heavy atom. The van der Waals surface area contributed by atoms with Crippen LogP contribution in [-0.2, 0) is 9.59 Å². The first-order valence-corrected chi connectivity index (χ1v) is 7.74. The molecule has 10 heteroatoms. The second-order valence-electron chi connectivity index (χ2n) is 5.24. The van der Waals surface area contributed by atoms with E-state index in [9.17, 15) is 14.4 Å². The molecule has 25 heavy (non-hydrogen) atoms. The van der Waals surface area contributed by atoms with E-state index in [1.54, 1.807) is 24.3 Å². The van der Waals surface area contributed by atoms with E-state index in [0.717, 1.165) is 0 Å². The molecule has 9 N–H and O–H groups in total. The van der Waals surface area contributed by atoms with Gasteiger partial charge in [-0.2, -0.15) is 0 Å². The Labute approximate surface area is 145 Å². The fraction of sp³-hybridized carbons (Fsp3) is 0.400. The summed E-state index contributed by atoms with van der Waals surface area (Å²) in [5, 5.41) is 16.7. The van der Waals surface area contributed by atoms with Gasteiger partial charge in [0.15, 0.2) is 0 Å². The summed E-state index contributed by atoms with van der Waals surface area (Å²) in [5.74, 6) is 3.68. The number of carbonyl (C=O) groups is 3. The number of benzene rings is 1. The van der Waals surface area contributed by atoms with Crippen LogP contribution in [0.3, 0.4) is 0 Å². The first-order chi connectivity index (χ1) is 11.9. The molecular weight excluding hydrogens is 328 g/mol. The van der Waals surface area contributed by atoms with Crippen LogP contribution in [0.2, 0.25) is 0 Å². The van der Waals surface area contributed by atoms with Crippen LogP contribution < -0.4 is 33.0 Å². The summed E-state index contributed by atoms with van der Waals surface area (Å²) in [4.78, 5) is 34.0. The minimum Gasteiger partial charge on any atom is -0.480 e. The van der Waals surface area contributed by atoms with Crippen LogP contribution in [0.1, 0.15) is 16.8 Å². The SMILES string of the molecule is NNc1cccc(C(=O)NCCNC(=O)CNCCC(N)C(=O)O)c1. The molecule has 0 aliphatic heterocycles. The molecule has 138 valence electrons. The lowest BCUT2D eigenvalue weighted by atomic mass is 10.2. The van der Waals surface area contributed by atoms with Gasteiger partial charge in [0.25, 0.3) is 5.91 Å². The lowest BCUT2D eigenvalue weighted by Gasteiger charge is -2.09. The molecule has 1 aromatic rings. The topological polar surface area (TPSA) is 172 Å². The van der Waals surface area contributed by atoms with Crippen LogP contribution in [-0.4, -0.2) is 55.1 Å². The predicted octanol–water partition coefficient (Wildman–Crippen LogP) is -1.79. The Morgan fingerprint density at radius 1 is 1.12 bits per heavy atom. The monoisotopic (exact) mass is 352 g/mol. The summed E-state index contributed by atoms with van der Waals surface area (Å²) in [7, 11) is 0. The van der Waals surface area contributed by atoms with Gasteiger partial charge in [-0.3, -0.25) is 20.2 Å². The van der Waals surface area contributed by atoms with Gasteiger partial charge in [0.1, 0.15) is 6.04 Å². The first-order valence-electron chi connectivity index (χ1n) is 7.74. The third-order valence-corrected chi connectivity index (χ3v) is 3.26. The summed E-state index contributed by atoms with van der Waals surface area (Å²) in [6.45, 7) is 0.915. The van der Waals surface area contributed by atoms with Crippen molar-refractivity contribution in [2.45, 2.75) is 12.5 Å². The van der Waals surface area contributed by atoms with Crippen molar-refractivity contribution in [2.75, 3.05) is 31.6 Å². The highest BCUT2D eigenvalue weighted by Gasteiger charge is 2.10. The molecule has 0 spiro atoms. The first kappa shape index (κ1) is 20.4. The smallest absolute Gasteiger partial charge is 0.320 e. The van der Waals surface area contributed by atoms with E-state index in [-0.39, 0.29) is 37.9 Å². The Kier molecular flexibility index (Phi) is 8.93. The molecule has 1 rings (SSSR count). The van der Waals surface area contributed by atoms with Crippen LogP contribution in [0.25, 0.3) is 0 Å². The molecule has 0 radical (unpaired) electrons. The molecule has 2 amide bonds. The number of hydrogen-bond donors (Lipinski definition) is 7. The van der Waals surface area contributed by atoms with Crippen LogP contribution in [0.5, 0.6) is 0 Å². The second-order valence-corrected chi connectivity index (χ2v) is 5.24. The average Bonchev–Trinajstić information content (AvgIpc) is 2.61. The van der Waals surface area contributed by atoms with E-state index >= 15 is 0 Å². The third kappa shape index (κ3) is 8.11. The minimum atomic E-state index is -1.07. The van der Waals surface area contributed by atoms with Gasteiger partial charge in [-0.05, 0) is 31.2 Å². The number of carboxylic acids is 1. The Hall–Kier alpha value is -2.69. The fourth-order valence-corrected chi connectivity index (χ4v) is 1.88. The largest absolute Gasteiger partial charge is 0.480 e. The van der Waals surface area contributed by atoms with Crippen molar-refractivity contribution in [3.8, 4) is 0 Å². The maximum atomic E-state index is 11.9. The fourth-order valence-electron chi connectivity index (χ4n) is 1.88. The summed E-state index contributed by atoms with van der Waals surface area (Å²) in [5.41, 5.74) is 8.87. The van der Waals surface area contributed by atoms with Gasteiger partial charge in [0.2, 0.25) is 5.91 Å². The lowest BCUT2D eigenvalue weighted by Crippen LogP contribution is -2.40. The molecule has 0 aliphatic carbocycles. The van der Waals surface area contributed by atoms with Crippen LogP contribution in [0, 0.1) is 0 Å². The number of hydrazine groups is 1. The quantitative estimate of drug-likeness (QED) is 0.139. The van der Waals surface area contributed by atoms with Gasteiger partial charge >= 0.3 is 5.97 Å². The van der Waals surface area contributed by atoms with Crippen molar-refractivity contribution < 1.29 is 19.5 Å². The highest BCUT2D eigenvalue weighted by molar-refractivity contribution is 5.95. The Bertz CT molecular complexity index is 595. The molecule has 0 saturated carbocycles. The van der Waals surface area contributed by atoms with Crippen LogP contribution in [0.4, 0.5) is 5.69 Å². The molecule has 0 aromatic heterocycles. The highest BCUT2D eigenvalue weighted by Crippen LogP contribution is 2.08. The Morgan fingerprint density at radius 2 is 1.84 bits per heavy atom. The minimum absolute atomic E-state index is 0.0461. The molecule has 0 bridgehead atoms. The summed E-state index contributed by atoms with van der Waals surface area (Å²) in [6, 6.07) is 5.75. The van der Waals surface area contributed by atoms with Crippen molar-refractivity contribution >= 4 is 23.5 Å². The van der Waals surface area contributed by atoms with Gasteiger partial charge < -0.3 is 32.2 Å². The Balaban J connectivity index is 2.15. The number of hydrogen-bond acceptors (Lipinski definition) is 7. The maximum absolute atomic E-state index is 11.9. The normalized spacial score (nSPS) is 11.4. The van der Waals surface area contributed by atoms with E-state index < -0.39 is 12.0 Å². The third-order valence-electron chi connectivity index (χ3n) is 3.26. The maximum Gasteiger partial charge on any atom is 0.320 e. The summed E-state index contributed by atoms with van der Waals surface area (Å²) < 4.78 is 0. The molecule has 10 nitrogen and oxygen atoms in total. The molecule has 1 unspecified atom stereocenters. The van der Waals surface area contributed by atoms with Crippen molar-refractivity contribution in [2.24, 2.45) is 11.6 Å². The van der Waals surface area contributed by atoms with E-state index in [1.165, 1.54) is 0 Å². The van der Waals surface area contributed by atoms with Gasteiger partial charge in [-0.25, -0.2) is 0 Å². The van der Waals surface area contributed by atoms with Gasteiger partial charge in [0.05, 0.1) is 6.54 Å². The average molecular weight is 352 g/mol. The van der Waals surface area contributed by atoms with Gasteiger partial charge in [-0.15, -0.1) is 0 Å². The van der Waals surface area contributed by atoms with E-state index in [0.29, 0.717) is 17.8 Å². The molecule has 0 saturated heterocycles. The van der Waals surface area contributed by atoms with E-state index in [1.807, 2.05) is 0 Å². The zero-order chi connectivity index (χ0) is 18.7. The van der Waals surface area contributed by atoms with Crippen molar-refractivity contribution in [3.05, 3.63) is 29.8 Å². The molecule has 1 aromatic carbocycles. The van der Waals surface area contributed by atoms with Crippen molar-refractivity contribution in [1.29, 1.82) is 0 Å². The molecular formula is C15H24N6O4. The van der Waals surface area contributed by atoms with Crippen LogP contribution in [0.15, 0.2) is 24.3 Å². The lowest BCUT2D eigenvalue weighted by molar-refractivity contribution is -0.138. The van der Waals surface area contributed by atoms with E-state index in [2.05, 4.69) is 21.4 Å².